The Bertz CT molecular complexity index is 412. The summed E-state index contributed by atoms with van der Waals surface area (Å²) in [7, 11) is 0. The zero-order valence-corrected chi connectivity index (χ0v) is 11.0. The van der Waals surface area contributed by atoms with Gasteiger partial charge in [0.1, 0.15) is 5.75 Å². The summed E-state index contributed by atoms with van der Waals surface area (Å²) >= 11 is 0. The molecule has 1 atom stereocenters. The molecular weight excluding hydrogens is 222 g/mol. The molecule has 2 aliphatic carbocycles. The van der Waals surface area contributed by atoms with Crippen molar-refractivity contribution in [2.75, 3.05) is 6.54 Å². The smallest absolute Gasteiger partial charge is 0.115 e. The van der Waals surface area contributed by atoms with Crippen LogP contribution in [-0.4, -0.2) is 11.7 Å². The van der Waals surface area contributed by atoms with Crippen LogP contribution in [0.3, 0.4) is 0 Å². The fraction of sp³-hybridized carbons (Fsp3) is 0.625. The molecule has 1 aromatic carbocycles. The second-order valence-corrected chi connectivity index (χ2v) is 5.87. The van der Waals surface area contributed by atoms with Gasteiger partial charge in [-0.15, -0.1) is 0 Å². The minimum atomic E-state index is 0.403. The average Bonchev–Trinajstić information content (AvgIpc) is 3.19. The molecule has 0 bridgehead atoms. The topological polar surface area (TPSA) is 32.3 Å². The van der Waals surface area contributed by atoms with E-state index in [1.807, 2.05) is 12.1 Å². The first-order chi connectivity index (χ1) is 8.83. The van der Waals surface area contributed by atoms with Gasteiger partial charge in [-0.25, -0.2) is 0 Å². The van der Waals surface area contributed by atoms with Gasteiger partial charge >= 0.3 is 0 Å². The summed E-state index contributed by atoms with van der Waals surface area (Å²) in [6, 6.07) is 6.31. The highest BCUT2D eigenvalue weighted by atomic mass is 16.3. The van der Waals surface area contributed by atoms with Crippen LogP contribution < -0.4 is 5.32 Å². The van der Waals surface area contributed by atoms with E-state index in [2.05, 4.69) is 11.4 Å². The van der Waals surface area contributed by atoms with Crippen molar-refractivity contribution in [1.82, 2.24) is 5.32 Å². The lowest BCUT2D eigenvalue weighted by Crippen LogP contribution is -2.26. The summed E-state index contributed by atoms with van der Waals surface area (Å²) in [5.74, 6) is 1.44. The predicted octanol–water partition coefficient (Wildman–Crippen LogP) is 3.55. The Labute approximate surface area is 109 Å². The number of phenolic OH excluding ortho intramolecular Hbond substituents is 1. The van der Waals surface area contributed by atoms with Crippen molar-refractivity contribution in [2.45, 2.75) is 51.0 Å². The molecule has 18 heavy (non-hydrogen) atoms. The van der Waals surface area contributed by atoms with Gasteiger partial charge in [0.15, 0.2) is 0 Å². The van der Waals surface area contributed by atoms with Crippen LogP contribution in [0.25, 0.3) is 0 Å². The van der Waals surface area contributed by atoms with Gasteiger partial charge in [0.05, 0.1) is 0 Å². The molecule has 2 heteroatoms. The van der Waals surface area contributed by atoms with Crippen LogP contribution in [0, 0.1) is 5.92 Å². The number of aromatic hydroxyl groups is 1. The summed E-state index contributed by atoms with van der Waals surface area (Å²) in [4.78, 5) is 0. The zero-order chi connectivity index (χ0) is 12.4. The van der Waals surface area contributed by atoms with Gasteiger partial charge in [0, 0.05) is 6.04 Å². The normalized spacial score (nSPS) is 22.8. The number of aryl methyl sites for hydroxylation is 1. The molecule has 0 radical (unpaired) electrons. The first-order valence-electron chi connectivity index (χ1n) is 7.38. The van der Waals surface area contributed by atoms with E-state index in [1.54, 1.807) is 0 Å². The zero-order valence-electron chi connectivity index (χ0n) is 11.0. The molecule has 1 fully saturated rings. The van der Waals surface area contributed by atoms with E-state index in [1.165, 1.54) is 49.7 Å². The number of rotatable bonds is 5. The molecule has 0 aliphatic heterocycles. The van der Waals surface area contributed by atoms with E-state index in [9.17, 15) is 5.11 Å². The fourth-order valence-corrected chi connectivity index (χ4v) is 3.07. The third-order valence-corrected chi connectivity index (χ3v) is 4.32. The molecule has 2 aliphatic rings. The Hall–Kier alpha value is -1.02. The van der Waals surface area contributed by atoms with Crippen molar-refractivity contribution >= 4 is 0 Å². The van der Waals surface area contributed by atoms with Gasteiger partial charge in [-0.3, -0.25) is 0 Å². The van der Waals surface area contributed by atoms with Crippen LogP contribution >= 0.6 is 0 Å². The summed E-state index contributed by atoms with van der Waals surface area (Å²) in [6.07, 6.45) is 9.25. The van der Waals surface area contributed by atoms with Gasteiger partial charge in [0.2, 0.25) is 0 Å². The van der Waals surface area contributed by atoms with Crippen LogP contribution in [0.2, 0.25) is 0 Å². The van der Waals surface area contributed by atoms with Crippen LogP contribution in [0.4, 0.5) is 0 Å². The quantitative estimate of drug-likeness (QED) is 0.778. The van der Waals surface area contributed by atoms with Crippen molar-refractivity contribution in [2.24, 2.45) is 5.92 Å². The minimum absolute atomic E-state index is 0.403. The molecule has 1 aromatic rings. The highest BCUT2D eigenvalue weighted by molar-refractivity contribution is 5.38. The third-order valence-electron chi connectivity index (χ3n) is 4.32. The van der Waals surface area contributed by atoms with E-state index in [0.717, 1.165) is 18.9 Å². The Morgan fingerprint density at radius 2 is 2.11 bits per heavy atom. The Morgan fingerprint density at radius 1 is 1.22 bits per heavy atom. The molecule has 0 aromatic heterocycles. The van der Waals surface area contributed by atoms with Gasteiger partial charge in [0.25, 0.3) is 0 Å². The highest BCUT2D eigenvalue weighted by Crippen LogP contribution is 2.34. The Balaban J connectivity index is 1.57. The largest absolute Gasteiger partial charge is 0.508 e. The number of fused-ring (bicyclic) bond motifs is 1. The molecular formula is C16H23NO. The number of hydrogen-bond donors (Lipinski definition) is 2. The van der Waals surface area contributed by atoms with Gasteiger partial charge in [-0.1, -0.05) is 18.9 Å². The number of benzene rings is 1. The lowest BCUT2D eigenvalue weighted by molar-refractivity contribution is 0.439. The Morgan fingerprint density at radius 3 is 2.94 bits per heavy atom. The molecule has 2 N–H and O–H groups in total. The molecule has 0 heterocycles. The average molecular weight is 245 g/mol. The summed E-state index contributed by atoms with van der Waals surface area (Å²) in [5, 5.41) is 13.3. The number of phenols is 1. The number of hydrogen-bond acceptors (Lipinski definition) is 2. The van der Waals surface area contributed by atoms with Gasteiger partial charge < -0.3 is 10.4 Å². The predicted molar refractivity (Wildman–Crippen MR) is 73.7 cm³/mol. The molecule has 1 unspecified atom stereocenters. The highest BCUT2D eigenvalue weighted by Gasteiger charge is 2.22. The Kier molecular flexibility index (Phi) is 3.55. The van der Waals surface area contributed by atoms with Crippen molar-refractivity contribution in [3.8, 4) is 5.75 Å². The van der Waals surface area contributed by atoms with E-state index in [-0.39, 0.29) is 0 Å². The SMILES string of the molecule is Oc1ccc2c(c1)C(NCCCC1CC1)CCC2. The maximum Gasteiger partial charge on any atom is 0.115 e. The van der Waals surface area contributed by atoms with Crippen LogP contribution in [0.1, 0.15) is 55.7 Å². The maximum atomic E-state index is 9.63. The van der Waals surface area contributed by atoms with Crippen molar-refractivity contribution in [1.29, 1.82) is 0 Å². The van der Waals surface area contributed by atoms with E-state index >= 15 is 0 Å². The van der Waals surface area contributed by atoms with Crippen LogP contribution in [-0.2, 0) is 6.42 Å². The monoisotopic (exact) mass is 245 g/mol. The van der Waals surface area contributed by atoms with Gasteiger partial charge in [-0.05, 0) is 67.8 Å². The standard InChI is InChI=1S/C16H23NO/c18-14-9-8-13-4-1-5-16(15(13)11-14)17-10-2-3-12-6-7-12/h8-9,11-12,16-18H,1-7,10H2. The lowest BCUT2D eigenvalue weighted by atomic mass is 9.87. The van der Waals surface area contributed by atoms with Crippen molar-refractivity contribution in [3.05, 3.63) is 29.3 Å². The molecule has 0 saturated heterocycles. The van der Waals surface area contributed by atoms with E-state index in [0.29, 0.717) is 11.8 Å². The van der Waals surface area contributed by atoms with Crippen LogP contribution in [0.5, 0.6) is 5.75 Å². The summed E-state index contributed by atoms with van der Waals surface area (Å²) in [6.45, 7) is 1.12. The van der Waals surface area contributed by atoms with Crippen molar-refractivity contribution < 1.29 is 5.11 Å². The fourth-order valence-electron chi connectivity index (χ4n) is 3.07. The summed E-state index contributed by atoms with van der Waals surface area (Å²) in [5.41, 5.74) is 2.74. The molecule has 98 valence electrons. The third kappa shape index (κ3) is 2.86. The minimum Gasteiger partial charge on any atom is -0.508 e. The molecule has 1 saturated carbocycles. The second-order valence-electron chi connectivity index (χ2n) is 5.87. The molecule has 2 nitrogen and oxygen atoms in total. The molecule has 3 rings (SSSR count). The maximum absolute atomic E-state index is 9.63. The van der Waals surface area contributed by atoms with Gasteiger partial charge in [-0.2, -0.15) is 0 Å². The van der Waals surface area contributed by atoms with E-state index < -0.39 is 0 Å². The first-order valence-corrected chi connectivity index (χ1v) is 7.38. The lowest BCUT2D eigenvalue weighted by Gasteiger charge is -2.26. The van der Waals surface area contributed by atoms with Crippen LogP contribution in [0.15, 0.2) is 18.2 Å². The second kappa shape index (κ2) is 5.31. The summed E-state index contributed by atoms with van der Waals surface area (Å²) < 4.78 is 0. The molecule has 0 amide bonds. The molecule has 0 spiro atoms. The first kappa shape index (κ1) is 12.0. The van der Waals surface area contributed by atoms with E-state index in [4.69, 9.17) is 0 Å². The number of nitrogens with one attached hydrogen (secondary N) is 1. The van der Waals surface area contributed by atoms with Crippen molar-refractivity contribution in [3.63, 3.8) is 0 Å².